The number of aromatic nitrogens is 2. The number of fused-ring (bicyclic) bond motifs is 3. The summed E-state index contributed by atoms with van der Waals surface area (Å²) in [7, 11) is 0. The highest BCUT2D eigenvalue weighted by molar-refractivity contribution is 7.17. The fourth-order valence-corrected chi connectivity index (χ4v) is 2.78. The van der Waals surface area contributed by atoms with E-state index >= 15 is 0 Å². The first kappa shape index (κ1) is 11.8. The van der Waals surface area contributed by atoms with Crippen LogP contribution >= 0.6 is 11.3 Å². The highest BCUT2D eigenvalue weighted by Crippen LogP contribution is 2.28. The molecule has 4 aromatic rings. The lowest BCUT2D eigenvalue weighted by Crippen LogP contribution is -1.70. The molecule has 92 valence electrons. The summed E-state index contributed by atoms with van der Waals surface area (Å²) in [6, 6.07) is 16.9. The number of nitrogens with zero attached hydrogens (tertiary/aromatic N) is 2. The second kappa shape index (κ2) is 5.59. The molecule has 0 saturated heterocycles. The summed E-state index contributed by atoms with van der Waals surface area (Å²) in [6.07, 6.45) is 4.88. The molecule has 0 aliphatic carbocycles. The van der Waals surface area contributed by atoms with Gasteiger partial charge >= 0.3 is 0 Å². The summed E-state index contributed by atoms with van der Waals surface area (Å²) < 4.78 is 1.37. The Kier molecular flexibility index (Phi) is 3.47. The van der Waals surface area contributed by atoms with Gasteiger partial charge in [-0.05, 0) is 34.4 Å². The van der Waals surface area contributed by atoms with E-state index in [1.165, 1.54) is 27.2 Å². The van der Waals surface area contributed by atoms with E-state index in [1.54, 1.807) is 29.8 Å². The Morgan fingerprint density at radius 1 is 0.737 bits per heavy atom. The van der Waals surface area contributed by atoms with Crippen LogP contribution in [0, 0.1) is 0 Å². The van der Waals surface area contributed by atoms with Gasteiger partial charge in [0.2, 0.25) is 0 Å². The standard InChI is InChI=1S/C12H8S.C4H4N2/c1-2-4-10-9(3-1)5-6-12-11(10)7-8-13-12;1-2-5-4-6-3-1/h1-8H;1-4H. The van der Waals surface area contributed by atoms with E-state index < -0.39 is 0 Å². The molecule has 0 unspecified atom stereocenters. The number of benzene rings is 2. The first-order valence-electron chi connectivity index (χ1n) is 6.00. The maximum atomic E-state index is 3.67. The van der Waals surface area contributed by atoms with E-state index in [0.29, 0.717) is 0 Å². The first-order chi connectivity index (χ1) is 9.45. The van der Waals surface area contributed by atoms with Gasteiger partial charge in [-0.3, -0.25) is 0 Å². The molecule has 0 amide bonds. The van der Waals surface area contributed by atoms with Crippen LogP contribution in [0.15, 0.2) is 72.6 Å². The van der Waals surface area contributed by atoms with Gasteiger partial charge in [-0.2, -0.15) is 0 Å². The fraction of sp³-hybridized carbons (Fsp3) is 0. The molecule has 4 rings (SSSR count). The van der Waals surface area contributed by atoms with Gasteiger partial charge in [-0.15, -0.1) is 11.3 Å². The number of hydrogen-bond donors (Lipinski definition) is 0. The molecule has 2 aromatic carbocycles. The van der Waals surface area contributed by atoms with Gasteiger partial charge in [0.25, 0.3) is 0 Å². The first-order valence-corrected chi connectivity index (χ1v) is 6.88. The van der Waals surface area contributed by atoms with E-state index in [2.05, 4.69) is 57.8 Å². The average Bonchev–Trinajstić information content (AvgIpc) is 2.99. The van der Waals surface area contributed by atoms with Crippen molar-refractivity contribution in [3.63, 3.8) is 0 Å². The van der Waals surface area contributed by atoms with Crippen LogP contribution in [0.25, 0.3) is 20.9 Å². The molecule has 19 heavy (non-hydrogen) atoms. The van der Waals surface area contributed by atoms with E-state index in [-0.39, 0.29) is 0 Å². The van der Waals surface area contributed by atoms with Crippen LogP contribution in [0.1, 0.15) is 0 Å². The lowest BCUT2D eigenvalue weighted by molar-refractivity contribution is 1.17. The van der Waals surface area contributed by atoms with Crippen molar-refractivity contribution in [2.75, 3.05) is 0 Å². The van der Waals surface area contributed by atoms with E-state index in [0.717, 1.165) is 0 Å². The van der Waals surface area contributed by atoms with E-state index in [4.69, 9.17) is 0 Å². The van der Waals surface area contributed by atoms with Gasteiger partial charge in [0, 0.05) is 22.5 Å². The third-order valence-corrected chi connectivity index (χ3v) is 3.72. The summed E-state index contributed by atoms with van der Waals surface area (Å²) in [4.78, 5) is 7.35. The molecule has 3 heteroatoms. The zero-order chi connectivity index (χ0) is 12.9. The van der Waals surface area contributed by atoms with Gasteiger partial charge in [-0.1, -0.05) is 30.3 Å². The molecular formula is C16H12N2S. The maximum absolute atomic E-state index is 3.67. The molecule has 0 atom stereocenters. The molecule has 0 N–H and O–H groups in total. The third-order valence-electron chi connectivity index (χ3n) is 2.84. The quantitative estimate of drug-likeness (QED) is 0.466. The van der Waals surface area contributed by atoms with Gasteiger partial charge in [0.05, 0.1) is 0 Å². The number of rotatable bonds is 0. The molecule has 0 radical (unpaired) electrons. The zero-order valence-corrected chi connectivity index (χ0v) is 11.0. The Labute approximate surface area is 115 Å². The minimum absolute atomic E-state index is 1.33. The van der Waals surface area contributed by atoms with E-state index in [1.807, 2.05) is 0 Å². The molecule has 0 saturated carbocycles. The molecule has 2 aromatic heterocycles. The van der Waals surface area contributed by atoms with Crippen molar-refractivity contribution < 1.29 is 0 Å². The molecule has 0 fully saturated rings. The lowest BCUT2D eigenvalue weighted by Gasteiger charge is -1.97. The van der Waals surface area contributed by atoms with Crippen molar-refractivity contribution in [1.82, 2.24) is 9.97 Å². The average molecular weight is 264 g/mol. The molecule has 0 bridgehead atoms. The second-order valence-corrected chi connectivity index (χ2v) is 4.97. The molecule has 2 nitrogen and oxygen atoms in total. The Bertz CT molecular complexity index is 751. The molecule has 0 spiro atoms. The van der Waals surface area contributed by atoms with Crippen molar-refractivity contribution in [3.05, 3.63) is 72.6 Å². The number of hydrogen-bond acceptors (Lipinski definition) is 3. The van der Waals surface area contributed by atoms with Crippen LogP contribution in [0.4, 0.5) is 0 Å². The Morgan fingerprint density at radius 2 is 1.58 bits per heavy atom. The van der Waals surface area contributed by atoms with Crippen LogP contribution in [0.3, 0.4) is 0 Å². The highest BCUT2D eigenvalue weighted by atomic mass is 32.1. The van der Waals surface area contributed by atoms with Crippen molar-refractivity contribution in [2.24, 2.45) is 0 Å². The Hall–Kier alpha value is -2.26. The Balaban J connectivity index is 0.000000155. The van der Waals surface area contributed by atoms with Crippen molar-refractivity contribution in [2.45, 2.75) is 0 Å². The predicted octanol–water partition coefficient (Wildman–Crippen LogP) is 4.53. The summed E-state index contributed by atoms with van der Waals surface area (Å²) in [5, 5.41) is 6.22. The summed E-state index contributed by atoms with van der Waals surface area (Å²) in [5.41, 5.74) is 0. The van der Waals surface area contributed by atoms with Crippen molar-refractivity contribution >= 4 is 32.2 Å². The molecular weight excluding hydrogens is 252 g/mol. The molecule has 0 aliphatic heterocycles. The van der Waals surface area contributed by atoms with Gasteiger partial charge < -0.3 is 0 Å². The maximum Gasteiger partial charge on any atom is 0.115 e. The van der Waals surface area contributed by atoms with Crippen LogP contribution in [0.2, 0.25) is 0 Å². The summed E-state index contributed by atoms with van der Waals surface area (Å²) in [5.74, 6) is 0. The molecule has 0 aliphatic rings. The molecule has 2 heterocycles. The smallest absolute Gasteiger partial charge is 0.115 e. The third kappa shape index (κ3) is 2.61. The number of thiophene rings is 1. The Morgan fingerprint density at radius 3 is 2.32 bits per heavy atom. The second-order valence-electron chi connectivity index (χ2n) is 4.02. The SMILES string of the molecule is c1ccc2c(c1)ccc1sccc12.c1cncnc1. The van der Waals surface area contributed by atoms with Crippen LogP contribution in [-0.4, -0.2) is 9.97 Å². The fourth-order valence-electron chi connectivity index (χ4n) is 1.98. The summed E-state index contributed by atoms with van der Waals surface area (Å²) in [6.45, 7) is 0. The van der Waals surface area contributed by atoms with E-state index in [9.17, 15) is 0 Å². The van der Waals surface area contributed by atoms with Crippen LogP contribution < -0.4 is 0 Å². The van der Waals surface area contributed by atoms with Crippen LogP contribution in [-0.2, 0) is 0 Å². The minimum Gasteiger partial charge on any atom is -0.245 e. The van der Waals surface area contributed by atoms with Gasteiger partial charge in [-0.25, -0.2) is 9.97 Å². The minimum atomic E-state index is 1.33. The highest BCUT2D eigenvalue weighted by Gasteiger charge is 1.98. The zero-order valence-electron chi connectivity index (χ0n) is 10.2. The van der Waals surface area contributed by atoms with Crippen LogP contribution in [0.5, 0.6) is 0 Å². The largest absolute Gasteiger partial charge is 0.245 e. The van der Waals surface area contributed by atoms with Gasteiger partial charge in [0.15, 0.2) is 0 Å². The monoisotopic (exact) mass is 264 g/mol. The summed E-state index contributed by atoms with van der Waals surface area (Å²) >= 11 is 1.80. The van der Waals surface area contributed by atoms with Crippen molar-refractivity contribution in [1.29, 1.82) is 0 Å². The van der Waals surface area contributed by atoms with Gasteiger partial charge in [0.1, 0.15) is 6.33 Å². The predicted molar refractivity (Wildman–Crippen MR) is 81.4 cm³/mol. The topological polar surface area (TPSA) is 25.8 Å². The van der Waals surface area contributed by atoms with Crippen molar-refractivity contribution in [3.8, 4) is 0 Å². The normalized spacial score (nSPS) is 10.1. The lowest BCUT2D eigenvalue weighted by atomic mass is 10.1.